The summed E-state index contributed by atoms with van der Waals surface area (Å²) in [5, 5.41) is 0. The van der Waals surface area contributed by atoms with Crippen molar-refractivity contribution in [2.75, 3.05) is 4.90 Å². The number of fused-ring (bicyclic) bond motifs is 4. The number of nitrogens with zero attached hydrogens (tertiary/aromatic N) is 1. The van der Waals surface area contributed by atoms with Gasteiger partial charge in [0.15, 0.2) is 0 Å². The summed E-state index contributed by atoms with van der Waals surface area (Å²) in [4.78, 5) is 2.60. The molecule has 316 valence electrons. The Labute approximate surface area is 380 Å². The fourth-order valence-electron chi connectivity index (χ4n) is 11.8. The van der Waals surface area contributed by atoms with Crippen LogP contribution in [-0.4, -0.2) is 12.1 Å². The highest BCUT2D eigenvalue weighted by atomic mass is 16.5. The van der Waals surface area contributed by atoms with Crippen molar-refractivity contribution in [2.45, 2.75) is 76.4 Å². The van der Waals surface area contributed by atoms with Crippen LogP contribution in [0.1, 0.15) is 74.5 Å². The van der Waals surface area contributed by atoms with E-state index in [1.54, 1.807) is 0 Å². The van der Waals surface area contributed by atoms with Gasteiger partial charge in [0, 0.05) is 40.6 Å². The molecule has 0 N–H and O–H groups in total. The van der Waals surface area contributed by atoms with Crippen molar-refractivity contribution in [3.05, 3.63) is 244 Å². The van der Waals surface area contributed by atoms with Crippen LogP contribution in [0.15, 0.2) is 227 Å². The number of hydrogen-bond donors (Lipinski definition) is 0. The van der Waals surface area contributed by atoms with Crippen LogP contribution in [0.25, 0.3) is 22.8 Å². The average Bonchev–Trinajstić information content (AvgIpc) is 3.75. The van der Waals surface area contributed by atoms with Gasteiger partial charge in [-0.1, -0.05) is 164 Å². The minimum atomic E-state index is 0.0819. The maximum absolute atomic E-state index is 6.72. The number of hydrogen-bond acceptors (Lipinski definition) is 2. The molecule has 9 aliphatic rings. The fraction of sp³-hybridized carbons (Fsp3) is 0.258. The lowest BCUT2D eigenvalue weighted by atomic mass is 9.71. The molecule has 8 aliphatic carbocycles. The number of anilines is 1. The molecule has 3 aromatic carbocycles. The lowest BCUT2D eigenvalue weighted by molar-refractivity contribution is 0.175. The Kier molecular flexibility index (Phi) is 10.4. The first-order chi connectivity index (χ1) is 31.7. The van der Waals surface area contributed by atoms with Gasteiger partial charge >= 0.3 is 0 Å². The Morgan fingerprint density at radius 1 is 0.531 bits per heavy atom. The molecule has 0 saturated carbocycles. The summed E-state index contributed by atoms with van der Waals surface area (Å²) in [7, 11) is 0. The molecule has 0 amide bonds. The summed E-state index contributed by atoms with van der Waals surface area (Å²) in [6, 6.07) is 27.3. The van der Waals surface area contributed by atoms with Crippen LogP contribution in [0.5, 0.6) is 0 Å². The predicted molar refractivity (Wildman–Crippen MR) is 267 cm³/mol. The third-order valence-electron chi connectivity index (χ3n) is 15.1. The maximum Gasteiger partial charge on any atom is 0.127 e. The standard InChI is InChI=1S/C62H57NO/c1-3-13-45(14-4-1)56-20-11-21-57-60-41-52(30-37-61(60)64-62(56)57)44-26-33-54(34-27-44)63(53-31-24-43(25-32-53)51-23-22-42-12-7-8-17-48(42)38-51)55-35-28-47(29-36-55)59-40-50-19-10-9-18-49(50)39-58(59)46-15-5-2-6-16-46/h1,3-5,7,10,12-16,19-20,22-26,28-35,37-41,44,55,58-61H,2,6,8-9,11,17-18,21,27,36H2. The van der Waals surface area contributed by atoms with Crippen molar-refractivity contribution < 1.29 is 4.74 Å². The van der Waals surface area contributed by atoms with Crippen LogP contribution >= 0.6 is 0 Å². The molecular weight excluding hydrogens is 775 g/mol. The van der Waals surface area contributed by atoms with E-state index in [0.29, 0.717) is 23.7 Å². The van der Waals surface area contributed by atoms with Crippen molar-refractivity contribution in [3.63, 3.8) is 0 Å². The Balaban J connectivity index is 0.829. The summed E-state index contributed by atoms with van der Waals surface area (Å²) in [5.74, 6) is 2.48. The second-order valence-electron chi connectivity index (χ2n) is 19.0. The normalized spacial score (nSPS) is 27.4. The average molecular weight is 832 g/mol. The summed E-state index contributed by atoms with van der Waals surface area (Å²) in [6.45, 7) is 0. The molecule has 12 rings (SSSR count). The van der Waals surface area contributed by atoms with Crippen LogP contribution < -0.4 is 4.90 Å². The van der Waals surface area contributed by atoms with E-state index in [2.05, 4.69) is 193 Å². The molecule has 0 bridgehead atoms. The van der Waals surface area contributed by atoms with Crippen molar-refractivity contribution in [3.8, 4) is 11.1 Å². The lowest BCUT2D eigenvalue weighted by Crippen LogP contribution is -2.34. The first-order valence-corrected chi connectivity index (χ1v) is 24.2. The Morgan fingerprint density at radius 2 is 1.36 bits per heavy atom. The summed E-state index contributed by atoms with van der Waals surface area (Å²) in [5.41, 5.74) is 19.2. The van der Waals surface area contributed by atoms with E-state index in [9.17, 15) is 0 Å². The molecule has 0 spiro atoms. The number of aryl methyl sites for hydroxylation is 1. The van der Waals surface area contributed by atoms with Gasteiger partial charge in [-0.15, -0.1) is 0 Å². The molecular formula is C62H57NO. The van der Waals surface area contributed by atoms with E-state index in [-0.39, 0.29) is 12.1 Å². The van der Waals surface area contributed by atoms with Crippen LogP contribution in [-0.2, 0) is 11.2 Å². The molecule has 2 heteroatoms. The van der Waals surface area contributed by atoms with Crippen molar-refractivity contribution in [2.24, 2.45) is 23.7 Å². The molecule has 3 aromatic rings. The van der Waals surface area contributed by atoms with E-state index < -0.39 is 0 Å². The van der Waals surface area contributed by atoms with Gasteiger partial charge < -0.3 is 9.64 Å². The summed E-state index contributed by atoms with van der Waals surface area (Å²) >= 11 is 0. The van der Waals surface area contributed by atoms with Crippen molar-refractivity contribution >= 4 is 17.3 Å². The monoisotopic (exact) mass is 831 g/mol. The summed E-state index contributed by atoms with van der Waals surface area (Å²) < 4.78 is 6.72. The van der Waals surface area contributed by atoms with Gasteiger partial charge in [0.2, 0.25) is 0 Å². The van der Waals surface area contributed by atoms with Gasteiger partial charge in [0.1, 0.15) is 11.9 Å². The Hall–Kier alpha value is -6.38. The van der Waals surface area contributed by atoms with Gasteiger partial charge in [-0.3, -0.25) is 0 Å². The quantitative estimate of drug-likeness (QED) is 0.224. The van der Waals surface area contributed by atoms with E-state index in [4.69, 9.17) is 4.74 Å². The topological polar surface area (TPSA) is 12.5 Å². The van der Waals surface area contributed by atoms with Crippen LogP contribution in [0.2, 0.25) is 0 Å². The number of rotatable bonds is 8. The molecule has 64 heavy (non-hydrogen) atoms. The molecule has 0 saturated heterocycles. The molecule has 6 atom stereocenters. The Bertz CT molecular complexity index is 2810. The van der Waals surface area contributed by atoms with E-state index in [1.807, 2.05) is 0 Å². The molecule has 6 unspecified atom stereocenters. The van der Waals surface area contributed by atoms with Gasteiger partial charge in [-0.05, 0) is 150 Å². The van der Waals surface area contributed by atoms with Crippen molar-refractivity contribution in [1.29, 1.82) is 0 Å². The smallest absolute Gasteiger partial charge is 0.127 e. The van der Waals surface area contributed by atoms with E-state index >= 15 is 0 Å². The fourth-order valence-corrected chi connectivity index (χ4v) is 11.8. The number of allylic oxidation sites excluding steroid dienone is 20. The molecule has 0 radical (unpaired) electrons. The van der Waals surface area contributed by atoms with Gasteiger partial charge in [-0.2, -0.15) is 0 Å². The second kappa shape index (κ2) is 17.0. The third-order valence-corrected chi connectivity index (χ3v) is 15.1. The highest BCUT2D eigenvalue weighted by Gasteiger charge is 2.39. The van der Waals surface area contributed by atoms with E-state index in [1.165, 1.54) is 78.2 Å². The largest absolute Gasteiger partial charge is 0.485 e. The molecule has 1 aliphatic heterocycles. The highest BCUT2D eigenvalue weighted by molar-refractivity contribution is 5.80. The van der Waals surface area contributed by atoms with E-state index in [0.717, 1.165) is 70.0 Å². The van der Waals surface area contributed by atoms with Gasteiger partial charge in [-0.25, -0.2) is 0 Å². The van der Waals surface area contributed by atoms with Crippen LogP contribution in [0.3, 0.4) is 0 Å². The first-order valence-electron chi connectivity index (χ1n) is 24.2. The molecule has 0 aromatic heterocycles. The molecule has 0 fully saturated rings. The first kappa shape index (κ1) is 39.2. The minimum absolute atomic E-state index is 0.0819. The predicted octanol–water partition coefficient (Wildman–Crippen LogP) is 15.2. The van der Waals surface area contributed by atoms with Gasteiger partial charge in [0.05, 0.1) is 6.04 Å². The SMILES string of the molecule is C1=CC(C2C=C3CCC=CC3=CC2C2=CCC(N(C3=CCC(C4=CC5C6=C(OC5C=C4)C(c4ccccc4)=CCC6)C=C3)c3ccc(-c4ccc5c(c4)CCC=C5)cc3)C=C2)=CCC1. The summed E-state index contributed by atoms with van der Waals surface area (Å²) in [6.07, 6.45) is 57.2. The van der Waals surface area contributed by atoms with Gasteiger partial charge in [0.25, 0.3) is 0 Å². The number of ether oxygens (including phenoxy) is 1. The highest BCUT2D eigenvalue weighted by Crippen LogP contribution is 2.48. The van der Waals surface area contributed by atoms with Crippen LogP contribution in [0.4, 0.5) is 5.69 Å². The number of benzene rings is 3. The third kappa shape index (κ3) is 7.41. The maximum atomic E-state index is 6.72. The lowest BCUT2D eigenvalue weighted by Gasteiger charge is -2.37. The zero-order chi connectivity index (χ0) is 42.4. The zero-order valence-electron chi connectivity index (χ0n) is 36.8. The minimum Gasteiger partial charge on any atom is -0.485 e. The zero-order valence-corrected chi connectivity index (χ0v) is 36.8. The van der Waals surface area contributed by atoms with Crippen molar-refractivity contribution in [1.82, 2.24) is 0 Å². The molecule has 2 nitrogen and oxygen atoms in total. The van der Waals surface area contributed by atoms with Crippen LogP contribution in [0, 0.1) is 23.7 Å². The Morgan fingerprint density at radius 3 is 2.20 bits per heavy atom. The second-order valence-corrected chi connectivity index (χ2v) is 19.0. The molecule has 1 heterocycles.